The molecule has 1 aromatic rings. The molecule has 1 amide bonds. The molecular weight excluding hydrogens is 204 g/mol. The molecule has 0 aliphatic rings. The Morgan fingerprint density at radius 3 is 3.00 bits per heavy atom. The summed E-state index contributed by atoms with van der Waals surface area (Å²) in [7, 11) is 0. The molecule has 0 saturated carbocycles. The number of anilines is 1. The fraction of sp³-hybridized carbons (Fsp3) is 0.417. The highest BCUT2D eigenvalue weighted by Gasteiger charge is 2.01. The predicted molar refractivity (Wildman–Crippen MR) is 64.1 cm³/mol. The fourth-order valence-electron chi connectivity index (χ4n) is 1.31. The van der Waals surface area contributed by atoms with Gasteiger partial charge in [0.1, 0.15) is 0 Å². The Morgan fingerprint density at radius 2 is 2.31 bits per heavy atom. The van der Waals surface area contributed by atoms with Crippen LogP contribution in [-0.4, -0.2) is 19.1 Å². The molecule has 0 atom stereocenters. The van der Waals surface area contributed by atoms with Crippen LogP contribution in [0.15, 0.2) is 24.3 Å². The molecule has 3 N–H and O–H groups in total. The number of nitrogens with two attached hydrogens (primary N) is 1. The third-order valence-corrected chi connectivity index (χ3v) is 2.05. The molecular formula is C12H18N2O2. The zero-order valence-corrected chi connectivity index (χ0v) is 9.53. The first-order valence-electron chi connectivity index (χ1n) is 5.43. The van der Waals surface area contributed by atoms with Crippen LogP contribution in [0.25, 0.3) is 0 Å². The first-order chi connectivity index (χ1) is 7.76. The molecule has 0 aliphatic heterocycles. The molecule has 0 unspecified atom stereocenters. The first kappa shape index (κ1) is 12.7. The topological polar surface area (TPSA) is 64.3 Å². The van der Waals surface area contributed by atoms with Crippen molar-refractivity contribution in [3.8, 4) is 0 Å². The van der Waals surface area contributed by atoms with Gasteiger partial charge in [0, 0.05) is 25.3 Å². The molecule has 0 heterocycles. The van der Waals surface area contributed by atoms with E-state index in [0.29, 0.717) is 26.2 Å². The van der Waals surface area contributed by atoms with E-state index in [1.54, 1.807) is 0 Å². The van der Waals surface area contributed by atoms with Gasteiger partial charge in [-0.3, -0.25) is 4.79 Å². The van der Waals surface area contributed by atoms with Crippen LogP contribution in [0.3, 0.4) is 0 Å². The van der Waals surface area contributed by atoms with Crippen molar-refractivity contribution in [3.05, 3.63) is 29.8 Å². The lowest BCUT2D eigenvalue weighted by Gasteiger charge is -2.07. The number of carbonyl (C=O) groups is 1. The summed E-state index contributed by atoms with van der Waals surface area (Å²) in [5, 5.41) is 2.79. The summed E-state index contributed by atoms with van der Waals surface area (Å²) >= 11 is 0. The molecule has 1 aromatic carbocycles. The Bertz CT molecular complexity index is 340. The molecule has 4 nitrogen and oxygen atoms in total. The maximum atomic E-state index is 11.3. The minimum absolute atomic E-state index is 0.0592. The molecule has 0 fully saturated rings. The number of ether oxygens (including phenoxy) is 1. The van der Waals surface area contributed by atoms with Gasteiger partial charge < -0.3 is 15.8 Å². The van der Waals surface area contributed by atoms with E-state index in [1.165, 1.54) is 0 Å². The Labute approximate surface area is 95.8 Å². The third kappa shape index (κ3) is 4.42. The highest BCUT2D eigenvalue weighted by molar-refractivity contribution is 5.90. The SMILES string of the molecule is CCOCc1cccc(NC(=O)CCN)c1. The molecule has 0 bridgehead atoms. The standard InChI is InChI=1S/C12H18N2O2/c1-2-16-9-10-4-3-5-11(8-10)14-12(15)6-7-13/h3-5,8H,2,6-7,9,13H2,1H3,(H,14,15). The van der Waals surface area contributed by atoms with Gasteiger partial charge in [-0.05, 0) is 24.6 Å². The predicted octanol–water partition coefficient (Wildman–Crippen LogP) is 1.51. The highest BCUT2D eigenvalue weighted by atomic mass is 16.5. The highest BCUT2D eigenvalue weighted by Crippen LogP contribution is 2.11. The Morgan fingerprint density at radius 1 is 1.50 bits per heavy atom. The third-order valence-electron chi connectivity index (χ3n) is 2.05. The van der Waals surface area contributed by atoms with Gasteiger partial charge in [-0.1, -0.05) is 12.1 Å². The minimum atomic E-state index is -0.0592. The smallest absolute Gasteiger partial charge is 0.225 e. The summed E-state index contributed by atoms with van der Waals surface area (Å²) in [5.74, 6) is -0.0592. The van der Waals surface area contributed by atoms with E-state index in [0.717, 1.165) is 11.3 Å². The molecule has 16 heavy (non-hydrogen) atoms. The van der Waals surface area contributed by atoms with Gasteiger partial charge in [-0.25, -0.2) is 0 Å². The zero-order chi connectivity index (χ0) is 11.8. The van der Waals surface area contributed by atoms with E-state index in [4.69, 9.17) is 10.5 Å². The number of hydrogen-bond donors (Lipinski definition) is 2. The molecule has 4 heteroatoms. The molecule has 88 valence electrons. The van der Waals surface area contributed by atoms with Crippen LogP contribution in [0.2, 0.25) is 0 Å². The largest absolute Gasteiger partial charge is 0.377 e. The number of carbonyl (C=O) groups excluding carboxylic acids is 1. The van der Waals surface area contributed by atoms with Crippen molar-refractivity contribution in [2.75, 3.05) is 18.5 Å². The van der Waals surface area contributed by atoms with E-state index in [2.05, 4.69) is 5.32 Å². The molecule has 0 saturated heterocycles. The number of nitrogens with one attached hydrogen (secondary N) is 1. The van der Waals surface area contributed by atoms with Crippen LogP contribution in [0.5, 0.6) is 0 Å². The van der Waals surface area contributed by atoms with Crippen LogP contribution in [-0.2, 0) is 16.1 Å². The molecule has 0 radical (unpaired) electrons. The normalized spacial score (nSPS) is 10.1. The van der Waals surface area contributed by atoms with Crippen molar-refractivity contribution in [1.29, 1.82) is 0 Å². The Hall–Kier alpha value is -1.39. The maximum absolute atomic E-state index is 11.3. The summed E-state index contributed by atoms with van der Waals surface area (Å²) in [5.41, 5.74) is 7.13. The van der Waals surface area contributed by atoms with Crippen molar-refractivity contribution < 1.29 is 9.53 Å². The van der Waals surface area contributed by atoms with Crippen LogP contribution < -0.4 is 11.1 Å². The van der Waals surface area contributed by atoms with Gasteiger partial charge in [0.25, 0.3) is 0 Å². The quantitative estimate of drug-likeness (QED) is 0.766. The Kier molecular flexibility index (Phi) is 5.53. The van der Waals surface area contributed by atoms with Crippen molar-refractivity contribution in [2.45, 2.75) is 20.0 Å². The summed E-state index contributed by atoms with van der Waals surface area (Å²) in [4.78, 5) is 11.3. The number of hydrogen-bond acceptors (Lipinski definition) is 3. The van der Waals surface area contributed by atoms with Crippen LogP contribution >= 0.6 is 0 Å². The second kappa shape index (κ2) is 6.98. The van der Waals surface area contributed by atoms with Crippen molar-refractivity contribution in [2.24, 2.45) is 5.73 Å². The summed E-state index contributed by atoms with van der Waals surface area (Å²) in [6, 6.07) is 7.62. The lowest BCUT2D eigenvalue weighted by molar-refractivity contribution is -0.116. The van der Waals surface area contributed by atoms with E-state index in [1.807, 2.05) is 31.2 Å². The molecule has 0 aromatic heterocycles. The monoisotopic (exact) mass is 222 g/mol. The van der Waals surface area contributed by atoms with E-state index in [9.17, 15) is 4.79 Å². The van der Waals surface area contributed by atoms with E-state index < -0.39 is 0 Å². The van der Waals surface area contributed by atoms with Crippen LogP contribution in [0.1, 0.15) is 18.9 Å². The summed E-state index contributed by atoms with van der Waals surface area (Å²) < 4.78 is 5.29. The van der Waals surface area contributed by atoms with Gasteiger partial charge in [-0.15, -0.1) is 0 Å². The van der Waals surface area contributed by atoms with Crippen LogP contribution in [0.4, 0.5) is 5.69 Å². The van der Waals surface area contributed by atoms with Gasteiger partial charge in [-0.2, -0.15) is 0 Å². The maximum Gasteiger partial charge on any atom is 0.225 e. The van der Waals surface area contributed by atoms with Crippen LogP contribution in [0, 0.1) is 0 Å². The molecule has 0 aliphatic carbocycles. The van der Waals surface area contributed by atoms with Crippen molar-refractivity contribution in [1.82, 2.24) is 0 Å². The lowest BCUT2D eigenvalue weighted by atomic mass is 10.2. The number of benzene rings is 1. The molecule has 0 spiro atoms. The Balaban J connectivity index is 2.56. The summed E-state index contributed by atoms with van der Waals surface area (Å²) in [6.07, 6.45) is 0.343. The molecule has 1 rings (SSSR count). The second-order valence-electron chi connectivity index (χ2n) is 3.42. The van der Waals surface area contributed by atoms with Gasteiger partial charge in [0.05, 0.1) is 6.61 Å². The second-order valence-corrected chi connectivity index (χ2v) is 3.42. The first-order valence-corrected chi connectivity index (χ1v) is 5.43. The lowest BCUT2D eigenvalue weighted by Crippen LogP contribution is -2.16. The summed E-state index contributed by atoms with van der Waals surface area (Å²) in [6.45, 7) is 3.57. The van der Waals surface area contributed by atoms with Gasteiger partial charge in [0.2, 0.25) is 5.91 Å². The number of amides is 1. The van der Waals surface area contributed by atoms with E-state index in [-0.39, 0.29) is 5.91 Å². The van der Waals surface area contributed by atoms with Gasteiger partial charge >= 0.3 is 0 Å². The number of rotatable bonds is 6. The van der Waals surface area contributed by atoms with Crippen molar-refractivity contribution in [3.63, 3.8) is 0 Å². The minimum Gasteiger partial charge on any atom is -0.377 e. The average molecular weight is 222 g/mol. The van der Waals surface area contributed by atoms with E-state index >= 15 is 0 Å². The van der Waals surface area contributed by atoms with Gasteiger partial charge in [0.15, 0.2) is 0 Å². The average Bonchev–Trinajstić information content (AvgIpc) is 2.27. The van der Waals surface area contributed by atoms with Crippen molar-refractivity contribution >= 4 is 11.6 Å². The zero-order valence-electron chi connectivity index (χ0n) is 9.53. The fourth-order valence-corrected chi connectivity index (χ4v) is 1.31.